The molecule has 0 amide bonds. The van der Waals surface area contributed by atoms with Gasteiger partial charge in [0.05, 0.1) is 4.90 Å². The molecule has 1 aliphatic carbocycles. The third-order valence-electron chi connectivity index (χ3n) is 4.14. The van der Waals surface area contributed by atoms with Crippen molar-refractivity contribution < 1.29 is 8.42 Å². The van der Waals surface area contributed by atoms with Crippen LogP contribution >= 0.6 is 0 Å². The molecule has 112 valence electrons. The van der Waals surface area contributed by atoms with E-state index >= 15 is 0 Å². The van der Waals surface area contributed by atoms with Gasteiger partial charge in [0, 0.05) is 11.7 Å². The molecule has 0 aliphatic heterocycles. The molecule has 1 aliphatic rings. The number of benzene rings is 1. The van der Waals surface area contributed by atoms with Gasteiger partial charge in [0.2, 0.25) is 10.0 Å². The van der Waals surface area contributed by atoms with Crippen LogP contribution in [0.15, 0.2) is 29.2 Å². The number of nitrogens with two attached hydrogens (primary N) is 1. The van der Waals surface area contributed by atoms with Gasteiger partial charge in [-0.25, -0.2) is 13.1 Å². The highest BCUT2D eigenvalue weighted by Crippen LogP contribution is 2.36. The van der Waals surface area contributed by atoms with E-state index in [0.717, 1.165) is 19.3 Å². The van der Waals surface area contributed by atoms with Gasteiger partial charge in [-0.3, -0.25) is 5.84 Å². The SMILES string of the molecule is CC1(C)CCCCC1NS(=O)(=O)c1ccc(NN)cc1. The molecule has 5 nitrogen and oxygen atoms in total. The van der Waals surface area contributed by atoms with E-state index in [1.165, 1.54) is 6.42 Å². The predicted molar refractivity (Wildman–Crippen MR) is 80.6 cm³/mol. The van der Waals surface area contributed by atoms with E-state index in [9.17, 15) is 8.42 Å². The Balaban J connectivity index is 2.17. The minimum atomic E-state index is -3.47. The summed E-state index contributed by atoms with van der Waals surface area (Å²) in [6, 6.07) is 6.43. The topological polar surface area (TPSA) is 84.2 Å². The monoisotopic (exact) mass is 297 g/mol. The number of nitrogen functional groups attached to an aromatic ring is 1. The molecule has 0 radical (unpaired) electrons. The molecule has 0 spiro atoms. The Morgan fingerprint density at radius 1 is 1.20 bits per heavy atom. The smallest absolute Gasteiger partial charge is 0.240 e. The van der Waals surface area contributed by atoms with Crippen molar-refractivity contribution in [1.82, 2.24) is 4.72 Å². The lowest BCUT2D eigenvalue weighted by Crippen LogP contribution is -2.46. The maximum absolute atomic E-state index is 12.4. The molecule has 1 saturated carbocycles. The van der Waals surface area contributed by atoms with Gasteiger partial charge in [-0.05, 0) is 42.5 Å². The van der Waals surface area contributed by atoms with E-state index in [1.807, 2.05) is 0 Å². The summed E-state index contributed by atoms with van der Waals surface area (Å²) in [6.07, 6.45) is 4.19. The maximum atomic E-state index is 12.4. The van der Waals surface area contributed by atoms with Crippen molar-refractivity contribution in [2.45, 2.75) is 50.5 Å². The van der Waals surface area contributed by atoms with E-state index in [2.05, 4.69) is 24.0 Å². The molecule has 1 fully saturated rings. The largest absolute Gasteiger partial charge is 0.324 e. The second-order valence-electron chi connectivity index (χ2n) is 6.08. The summed E-state index contributed by atoms with van der Waals surface area (Å²) in [6.45, 7) is 4.25. The molecule has 0 saturated heterocycles. The molecule has 1 atom stereocenters. The van der Waals surface area contributed by atoms with Crippen molar-refractivity contribution in [3.8, 4) is 0 Å². The molecular formula is C14H23N3O2S. The quantitative estimate of drug-likeness (QED) is 0.587. The number of hydrogen-bond acceptors (Lipinski definition) is 4. The number of anilines is 1. The van der Waals surface area contributed by atoms with E-state index in [1.54, 1.807) is 24.3 Å². The molecule has 20 heavy (non-hydrogen) atoms. The van der Waals surface area contributed by atoms with Crippen molar-refractivity contribution in [2.24, 2.45) is 11.3 Å². The summed E-state index contributed by atoms with van der Waals surface area (Å²) in [5, 5.41) is 0. The zero-order valence-corrected chi connectivity index (χ0v) is 12.8. The third kappa shape index (κ3) is 3.31. The van der Waals surface area contributed by atoms with Crippen LogP contribution in [-0.4, -0.2) is 14.5 Å². The van der Waals surface area contributed by atoms with Crippen molar-refractivity contribution in [3.63, 3.8) is 0 Å². The highest BCUT2D eigenvalue weighted by Gasteiger charge is 2.35. The molecule has 4 N–H and O–H groups in total. The maximum Gasteiger partial charge on any atom is 0.240 e. The summed E-state index contributed by atoms with van der Waals surface area (Å²) in [7, 11) is -3.47. The molecule has 1 aromatic rings. The second kappa shape index (κ2) is 5.71. The fraction of sp³-hybridized carbons (Fsp3) is 0.571. The Bertz CT molecular complexity index is 552. The van der Waals surface area contributed by atoms with Gasteiger partial charge in [0.15, 0.2) is 0 Å². The first-order valence-electron chi connectivity index (χ1n) is 6.94. The molecule has 0 heterocycles. The summed E-state index contributed by atoms with van der Waals surface area (Å²) in [5.74, 6) is 5.28. The van der Waals surface area contributed by atoms with Gasteiger partial charge in [-0.2, -0.15) is 0 Å². The van der Waals surface area contributed by atoms with Gasteiger partial charge in [0.25, 0.3) is 0 Å². The van der Waals surface area contributed by atoms with E-state index < -0.39 is 10.0 Å². The standard InChI is InChI=1S/C14H23N3O2S/c1-14(2)10-4-3-5-13(14)17-20(18,19)12-8-6-11(16-15)7-9-12/h6-9,13,16-17H,3-5,10,15H2,1-2H3. The summed E-state index contributed by atoms with van der Waals surface area (Å²) in [5.41, 5.74) is 3.17. The molecule has 1 unspecified atom stereocenters. The number of hydrazine groups is 1. The van der Waals surface area contributed by atoms with Crippen molar-refractivity contribution in [2.75, 3.05) is 5.43 Å². The van der Waals surface area contributed by atoms with Gasteiger partial charge in [-0.15, -0.1) is 0 Å². The predicted octanol–water partition coefficient (Wildman–Crippen LogP) is 2.22. The first-order chi connectivity index (χ1) is 9.35. The number of sulfonamides is 1. The molecule has 0 aromatic heterocycles. The first-order valence-corrected chi connectivity index (χ1v) is 8.42. The second-order valence-corrected chi connectivity index (χ2v) is 7.79. The fourth-order valence-corrected chi connectivity index (χ4v) is 4.14. The Kier molecular flexibility index (Phi) is 4.36. The Morgan fingerprint density at radius 2 is 1.85 bits per heavy atom. The minimum absolute atomic E-state index is 0.00404. The van der Waals surface area contributed by atoms with E-state index in [0.29, 0.717) is 5.69 Å². The first kappa shape index (κ1) is 15.3. The van der Waals surface area contributed by atoms with Crippen LogP contribution in [0.3, 0.4) is 0 Å². The van der Waals surface area contributed by atoms with Gasteiger partial charge < -0.3 is 5.43 Å². The van der Waals surface area contributed by atoms with Gasteiger partial charge in [0.1, 0.15) is 0 Å². The zero-order chi connectivity index (χ0) is 14.8. The van der Waals surface area contributed by atoms with Crippen molar-refractivity contribution in [3.05, 3.63) is 24.3 Å². The van der Waals surface area contributed by atoms with Crippen LogP contribution in [0.25, 0.3) is 0 Å². The summed E-state index contributed by atoms with van der Waals surface area (Å²) >= 11 is 0. The van der Waals surface area contributed by atoms with E-state index in [4.69, 9.17) is 5.84 Å². The molecule has 1 aromatic carbocycles. The van der Waals surface area contributed by atoms with Crippen LogP contribution in [0.4, 0.5) is 5.69 Å². The van der Waals surface area contributed by atoms with Gasteiger partial charge in [-0.1, -0.05) is 26.7 Å². The fourth-order valence-electron chi connectivity index (χ4n) is 2.70. The summed E-state index contributed by atoms with van der Waals surface area (Å²) in [4.78, 5) is 0.276. The lowest BCUT2D eigenvalue weighted by atomic mass is 9.74. The summed E-state index contributed by atoms with van der Waals surface area (Å²) < 4.78 is 27.7. The minimum Gasteiger partial charge on any atom is -0.324 e. The Labute approximate surface area is 121 Å². The number of nitrogens with one attached hydrogen (secondary N) is 2. The molecular weight excluding hydrogens is 274 g/mol. The Hall–Kier alpha value is -1.11. The average molecular weight is 297 g/mol. The van der Waals surface area contributed by atoms with Crippen LogP contribution < -0.4 is 16.0 Å². The van der Waals surface area contributed by atoms with Crippen LogP contribution in [0.2, 0.25) is 0 Å². The normalized spacial score (nSPS) is 22.4. The Morgan fingerprint density at radius 3 is 2.40 bits per heavy atom. The molecule has 2 rings (SSSR count). The average Bonchev–Trinajstić information content (AvgIpc) is 2.41. The third-order valence-corrected chi connectivity index (χ3v) is 5.62. The molecule has 6 heteroatoms. The zero-order valence-electron chi connectivity index (χ0n) is 12.0. The van der Waals surface area contributed by atoms with Crippen LogP contribution in [0, 0.1) is 5.41 Å². The lowest BCUT2D eigenvalue weighted by molar-refractivity contribution is 0.188. The van der Waals surface area contributed by atoms with E-state index in [-0.39, 0.29) is 16.4 Å². The number of hydrogen-bond donors (Lipinski definition) is 3. The lowest BCUT2D eigenvalue weighted by Gasteiger charge is -2.38. The van der Waals surface area contributed by atoms with Gasteiger partial charge >= 0.3 is 0 Å². The van der Waals surface area contributed by atoms with Crippen molar-refractivity contribution >= 4 is 15.7 Å². The highest BCUT2D eigenvalue weighted by atomic mass is 32.2. The van der Waals surface area contributed by atoms with Crippen LogP contribution in [0.5, 0.6) is 0 Å². The number of rotatable bonds is 4. The highest BCUT2D eigenvalue weighted by molar-refractivity contribution is 7.89. The van der Waals surface area contributed by atoms with Crippen molar-refractivity contribution in [1.29, 1.82) is 0 Å². The van der Waals surface area contributed by atoms with Crippen LogP contribution in [0.1, 0.15) is 39.5 Å². The van der Waals surface area contributed by atoms with Crippen LogP contribution in [-0.2, 0) is 10.0 Å². The molecule has 0 bridgehead atoms.